The summed E-state index contributed by atoms with van der Waals surface area (Å²) in [6.07, 6.45) is 6.55. The van der Waals surface area contributed by atoms with Crippen molar-refractivity contribution in [2.45, 2.75) is 68.9 Å². The number of likely N-dealkylation sites (tertiary alicyclic amines) is 1. The van der Waals surface area contributed by atoms with Crippen LogP contribution in [0.2, 0.25) is 0 Å². The fourth-order valence-corrected chi connectivity index (χ4v) is 3.82. The number of amides is 2. The third-order valence-electron chi connectivity index (χ3n) is 6.41. The van der Waals surface area contributed by atoms with E-state index in [2.05, 4.69) is 10.3 Å². The molecule has 2 aliphatic carbocycles. The van der Waals surface area contributed by atoms with Gasteiger partial charge in [0.1, 0.15) is 5.54 Å². The van der Waals surface area contributed by atoms with E-state index >= 15 is 0 Å². The lowest BCUT2D eigenvalue weighted by molar-refractivity contribution is -0.124. The number of carbonyl (C=O) groups is 2. The second kappa shape index (κ2) is 9.36. The normalized spacial score (nSPS) is 20.9. The monoisotopic (exact) mass is 448 g/mol. The van der Waals surface area contributed by atoms with Gasteiger partial charge in [-0.1, -0.05) is 6.04 Å². The van der Waals surface area contributed by atoms with Crippen molar-refractivity contribution in [3.05, 3.63) is 35.8 Å². The lowest BCUT2D eigenvalue weighted by atomic mass is 9.94. The predicted octanol–water partition coefficient (Wildman–Crippen LogP) is 3.78. The van der Waals surface area contributed by atoms with Gasteiger partial charge in [0.15, 0.2) is 0 Å². The van der Waals surface area contributed by atoms with Gasteiger partial charge in [-0.2, -0.15) is 5.26 Å². The minimum atomic E-state index is -3.16. The Bertz CT molecular complexity index is 856. The van der Waals surface area contributed by atoms with E-state index in [1.165, 1.54) is 42.3 Å². The van der Waals surface area contributed by atoms with E-state index in [1.807, 2.05) is 6.07 Å². The van der Waals surface area contributed by atoms with E-state index in [0.717, 1.165) is 25.9 Å². The Labute approximate surface area is 185 Å². The minimum Gasteiger partial charge on any atom is -0.667 e. The number of alkyl halides is 2. The topological polar surface area (TPSA) is 130 Å². The van der Waals surface area contributed by atoms with Gasteiger partial charge in [-0.05, 0) is 61.6 Å². The van der Waals surface area contributed by atoms with Gasteiger partial charge < -0.3 is 21.1 Å². The van der Waals surface area contributed by atoms with Crippen molar-refractivity contribution in [2.75, 3.05) is 13.1 Å². The number of pyridine rings is 1. The number of nitriles is 1. The van der Waals surface area contributed by atoms with Crippen molar-refractivity contribution in [3.63, 3.8) is 0 Å². The quantitative estimate of drug-likeness (QED) is 0.684. The Morgan fingerprint density at radius 1 is 1.22 bits per heavy atom. The van der Waals surface area contributed by atoms with E-state index in [1.54, 1.807) is 0 Å². The molecule has 1 aliphatic heterocycles. The number of nitrogens with zero attached hydrogens (tertiary/aromatic N) is 3. The number of aromatic nitrogens is 1. The highest BCUT2D eigenvalue weighted by atomic mass is 19.3. The van der Waals surface area contributed by atoms with Gasteiger partial charge in [-0.15, -0.1) is 0 Å². The van der Waals surface area contributed by atoms with Crippen molar-refractivity contribution in [1.82, 2.24) is 15.2 Å². The number of rotatable bonds is 6. The Morgan fingerprint density at radius 2 is 1.81 bits per heavy atom. The smallest absolute Gasteiger partial charge is 0.407 e. The first-order valence-corrected chi connectivity index (χ1v) is 10.8. The maximum absolute atomic E-state index is 13.9. The van der Waals surface area contributed by atoms with Crippen molar-refractivity contribution in [2.24, 2.45) is 5.41 Å². The van der Waals surface area contributed by atoms with Crippen LogP contribution in [0.1, 0.15) is 50.5 Å². The molecule has 174 valence electrons. The number of hydrogen-bond acceptors (Lipinski definition) is 4. The summed E-state index contributed by atoms with van der Waals surface area (Å²) in [5.41, 5.74) is 7.63. The zero-order valence-corrected chi connectivity index (χ0v) is 17.8. The summed E-state index contributed by atoms with van der Waals surface area (Å²) in [6.45, 7) is 1.52. The molecule has 0 aromatic carbocycles. The second-order valence-electron chi connectivity index (χ2n) is 9.10. The molecule has 3 aliphatic rings. The molecule has 1 saturated heterocycles. The number of carbonyl (C=O) groups excluding carboxylic acids is 1. The van der Waals surface area contributed by atoms with Crippen LogP contribution in [0, 0.1) is 16.7 Å². The lowest BCUT2D eigenvalue weighted by Crippen LogP contribution is -2.43. The predicted molar refractivity (Wildman–Crippen MR) is 112 cm³/mol. The Hall–Kier alpha value is -2.80. The summed E-state index contributed by atoms with van der Waals surface area (Å²) >= 11 is 0. The van der Waals surface area contributed by atoms with Crippen molar-refractivity contribution in [1.29, 1.82) is 5.26 Å². The average Bonchev–Trinajstić information content (AvgIpc) is 3.67. The number of carboxylic acid groups (broad SMARTS) is 1. The van der Waals surface area contributed by atoms with Gasteiger partial charge in [-0.25, -0.2) is 13.6 Å². The zero-order chi connectivity index (χ0) is 23.4. The van der Waals surface area contributed by atoms with Crippen molar-refractivity contribution in [3.8, 4) is 6.07 Å². The Kier molecular flexibility index (Phi) is 6.98. The highest BCUT2D eigenvalue weighted by Crippen LogP contribution is 2.53. The van der Waals surface area contributed by atoms with Crippen LogP contribution in [0.4, 0.5) is 13.6 Å². The summed E-state index contributed by atoms with van der Waals surface area (Å²) in [5.74, 6) is -3.97. The number of hydrogen-bond donors (Lipinski definition) is 2. The molecule has 4 rings (SSSR count). The van der Waals surface area contributed by atoms with Crippen LogP contribution >= 0.6 is 0 Å². The van der Waals surface area contributed by atoms with Gasteiger partial charge in [-0.3, -0.25) is 9.78 Å². The molecule has 8 nitrogen and oxygen atoms in total. The third-order valence-corrected chi connectivity index (χ3v) is 6.41. The number of nitrogens with one attached hydrogen (secondary N) is 2. The molecule has 1 atom stereocenters. The number of piperidine rings is 1. The minimum absolute atomic E-state index is 0.401. The van der Waals surface area contributed by atoms with Crippen molar-refractivity contribution < 1.29 is 23.5 Å². The Balaban J connectivity index is 0.000000219. The van der Waals surface area contributed by atoms with E-state index < -0.39 is 42.3 Å². The molecule has 1 aromatic heterocycles. The van der Waals surface area contributed by atoms with Crippen LogP contribution in [0.3, 0.4) is 0 Å². The number of halogens is 2. The summed E-state index contributed by atoms with van der Waals surface area (Å²) < 4.78 is 27.7. The fourth-order valence-electron chi connectivity index (χ4n) is 3.82. The molecule has 0 unspecified atom stereocenters. The van der Waals surface area contributed by atoms with E-state index in [-0.39, 0.29) is 0 Å². The van der Waals surface area contributed by atoms with E-state index in [4.69, 9.17) is 16.1 Å². The van der Waals surface area contributed by atoms with Crippen LogP contribution in [-0.4, -0.2) is 57.6 Å². The lowest BCUT2D eigenvalue weighted by Gasteiger charge is -2.29. The second-order valence-corrected chi connectivity index (χ2v) is 9.10. The Morgan fingerprint density at radius 3 is 2.28 bits per heavy atom. The highest BCUT2D eigenvalue weighted by molar-refractivity contribution is 5.84. The molecule has 10 heteroatoms. The molecule has 3 N–H and O–H groups in total. The van der Waals surface area contributed by atoms with E-state index in [9.17, 15) is 18.4 Å². The standard InChI is InChI=1S/C14H15F2N4O.C8H13NO2/c15-14(16,7-10-1-5-19-6-2-10)8-11(18)12(21)20-13(9-17)3-4-13;10-7(11)9-5-3-8(1-2-8)4-6-9/h1-2,5-6,11,18H,3-4,7-8H2,(H,20,21);1-6H2,(H,10,11)/q-1;/t11-;/m0./s1. The summed E-state index contributed by atoms with van der Waals surface area (Å²) in [6, 6.07) is 3.29. The average molecular weight is 448 g/mol. The maximum Gasteiger partial charge on any atom is 0.407 e. The van der Waals surface area contributed by atoms with Gasteiger partial charge in [0.25, 0.3) is 5.92 Å². The van der Waals surface area contributed by atoms with Crippen LogP contribution in [0.5, 0.6) is 0 Å². The molecule has 2 heterocycles. The molecule has 1 aromatic rings. The summed E-state index contributed by atoms with van der Waals surface area (Å²) in [7, 11) is 0. The molecule has 32 heavy (non-hydrogen) atoms. The molecular formula is C22H28F2N5O3-. The molecule has 0 bridgehead atoms. The van der Waals surface area contributed by atoms with Gasteiger partial charge >= 0.3 is 6.09 Å². The summed E-state index contributed by atoms with van der Waals surface area (Å²) in [4.78, 5) is 27.5. The molecule has 1 spiro atoms. The molecule has 2 saturated carbocycles. The van der Waals surface area contributed by atoms with E-state index in [0.29, 0.717) is 23.8 Å². The van der Waals surface area contributed by atoms with Gasteiger partial charge in [0, 0.05) is 38.3 Å². The SMILES string of the molecule is N#CC1(NC(=O)[C@@H]([NH-])CC(F)(F)Cc2ccncc2)CC1.O=C(O)N1CCC2(CC1)CC2. The first-order valence-electron chi connectivity index (χ1n) is 10.8. The highest BCUT2D eigenvalue weighted by Gasteiger charge is 2.46. The van der Waals surface area contributed by atoms with Crippen LogP contribution < -0.4 is 5.32 Å². The first kappa shape index (κ1) is 23.9. The van der Waals surface area contributed by atoms with Crippen LogP contribution in [0.25, 0.3) is 5.73 Å². The molecule has 0 radical (unpaired) electrons. The van der Waals surface area contributed by atoms with Gasteiger partial charge in [0.05, 0.1) is 6.07 Å². The molecule has 2 amide bonds. The third kappa shape index (κ3) is 6.60. The van der Waals surface area contributed by atoms with Crippen LogP contribution in [-0.2, 0) is 11.2 Å². The first-order chi connectivity index (χ1) is 15.1. The molecular weight excluding hydrogens is 420 g/mol. The van der Waals surface area contributed by atoms with Crippen LogP contribution in [0.15, 0.2) is 24.5 Å². The zero-order valence-electron chi connectivity index (χ0n) is 17.8. The largest absolute Gasteiger partial charge is 0.667 e. The van der Waals surface area contributed by atoms with Gasteiger partial charge in [0.2, 0.25) is 5.91 Å². The summed E-state index contributed by atoms with van der Waals surface area (Å²) in [5, 5.41) is 19.9. The molecule has 3 fully saturated rings. The van der Waals surface area contributed by atoms with Crippen molar-refractivity contribution >= 4 is 12.0 Å². The maximum atomic E-state index is 13.9. The fraction of sp³-hybridized carbons (Fsp3) is 0.636.